The molecule has 106 valence electrons. The van der Waals surface area contributed by atoms with Crippen LogP contribution >= 0.6 is 0 Å². The first-order chi connectivity index (χ1) is 9.45. The fraction of sp³-hybridized carbons (Fsp3) is 0.357. The molecule has 1 aliphatic heterocycles. The van der Waals surface area contributed by atoms with Crippen LogP contribution in [0, 0.1) is 5.41 Å². The Morgan fingerprint density at radius 2 is 1.85 bits per heavy atom. The standard InChI is InChI=1S/C14H15NO5/c16-11-6-7-15(13(19)20)9-14(11,12(17)18)8-10-4-2-1-3-5-10/h1-5H,6-9H2,(H,17,18)(H,19,20)/t14-/m1/s1. The summed E-state index contributed by atoms with van der Waals surface area (Å²) in [5.41, 5.74) is -0.978. The van der Waals surface area contributed by atoms with Crippen molar-refractivity contribution in [1.29, 1.82) is 0 Å². The topological polar surface area (TPSA) is 94.9 Å². The molecular formula is C14H15NO5. The molecule has 2 rings (SSSR count). The van der Waals surface area contributed by atoms with Gasteiger partial charge in [-0.2, -0.15) is 0 Å². The van der Waals surface area contributed by atoms with Gasteiger partial charge in [-0.15, -0.1) is 0 Å². The van der Waals surface area contributed by atoms with Crippen molar-refractivity contribution in [1.82, 2.24) is 4.90 Å². The van der Waals surface area contributed by atoms with Crippen LogP contribution < -0.4 is 0 Å². The largest absolute Gasteiger partial charge is 0.480 e. The third-order valence-electron chi connectivity index (χ3n) is 3.63. The molecular weight excluding hydrogens is 262 g/mol. The van der Waals surface area contributed by atoms with Crippen LogP contribution in [-0.4, -0.2) is 46.0 Å². The maximum Gasteiger partial charge on any atom is 0.407 e. The number of hydrogen-bond donors (Lipinski definition) is 2. The molecule has 6 nitrogen and oxygen atoms in total. The van der Waals surface area contributed by atoms with Crippen LogP contribution in [-0.2, 0) is 16.0 Å². The van der Waals surface area contributed by atoms with E-state index in [2.05, 4.69) is 0 Å². The predicted molar refractivity (Wildman–Crippen MR) is 69.4 cm³/mol. The molecule has 1 aliphatic rings. The Hall–Kier alpha value is -2.37. The van der Waals surface area contributed by atoms with Crippen LogP contribution in [0.5, 0.6) is 0 Å². The maximum absolute atomic E-state index is 12.1. The van der Waals surface area contributed by atoms with Crippen LogP contribution in [0.2, 0.25) is 0 Å². The molecule has 0 spiro atoms. The lowest BCUT2D eigenvalue weighted by Crippen LogP contribution is -2.56. The van der Waals surface area contributed by atoms with Gasteiger partial charge in [-0.05, 0) is 12.0 Å². The molecule has 1 saturated heterocycles. The van der Waals surface area contributed by atoms with Crippen molar-refractivity contribution >= 4 is 17.8 Å². The van der Waals surface area contributed by atoms with Crippen LogP contribution in [0.25, 0.3) is 0 Å². The number of carbonyl (C=O) groups excluding carboxylic acids is 1. The molecule has 0 saturated carbocycles. The number of carbonyl (C=O) groups is 3. The molecule has 0 bridgehead atoms. The molecule has 2 N–H and O–H groups in total. The van der Waals surface area contributed by atoms with Gasteiger partial charge in [-0.3, -0.25) is 9.59 Å². The summed E-state index contributed by atoms with van der Waals surface area (Å²) in [5, 5.41) is 18.5. The van der Waals surface area contributed by atoms with E-state index in [0.717, 1.165) is 4.90 Å². The van der Waals surface area contributed by atoms with E-state index in [1.807, 2.05) is 0 Å². The Bertz CT molecular complexity index is 542. The van der Waals surface area contributed by atoms with Crippen LogP contribution in [0.3, 0.4) is 0 Å². The van der Waals surface area contributed by atoms with E-state index in [9.17, 15) is 19.5 Å². The van der Waals surface area contributed by atoms with Gasteiger partial charge in [0.05, 0.1) is 0 Å². The molecule has 1 atom stereocenters. The number of piperidine rings is 1. The predicted octanol–water partition coefficient (Wildman–Crippen LogP) is 1.25. The Kier molecular flexibility index (Phi) is 3.74. The Morgan fingerprint density at radius 1 is 1.20 bits per heavy atom. The molecule has 20 heavy (non-hydrogen) atoms. The van der Waals surface area contributed by atoms with E-state index >= 15 is 0 Å². The lowest BCUT2D eigenvalue weighted by molar-refractivity contribution is -0.158. The molecule has 1 aromatic rings. The summed E-state index contributed by atoms with van der Waals surface area (Å²) in [5.74, 6) is -1.68. The number of amides is 1. The summed E-state index contributed by atoms with van der Waals surface area (Å²) in [6.07, 6.45) is -1.26. The lowest BCUT2D eigenvalue weighted by Gasteiger charge is -2.37. The van der Waals surface area contributed by atoms with Crippen molar-refractivity contribution in [3.63, 3.8) is 0 Å². The Morgan fingerprint density at radius 3 is 2.40 bits per heavy atom. The van der Waals surface area contributed by atoms with Gasteiger partial charge in [0, 0.05) is 19.5 Å². The highest BCUT2D eigenvalue weighted by molar-refractivity contribution is 6.04. The number of ketones is 1. The van der Waals surface area contributed by atoms with Gasteiger partial charge in [0.2, 0.25) is 0 Å². The average Bonchev–Trinajstić information content (AvgIpc) is 2.42. The van der Waals surface area contributed by atoms with E-state index in [4.69, 9.17) is 5.11 Å². The van der Waals surface area contributed by atoms with E-state index in [1.54, 1.807) is 30.3 Å². The van der Waals surface area contributed by atoms with Crippen molar-refractivity contribution in [2.24, 2.45) is 5.41 Å². The van der Waals surface area contributed by atoms with E-state index in [-0.39, 0.29) is 25.9 Å². The summed E-state index contributed by atoms with van der Waals surface area (Å²) in [4.78, 5) is 35.8. The monoisotopic (exact) mass is 277 g/mol. The van der Waals surface area contributed by atoms with Crippen LogP contribution in [0.15, 0.2) is 30.3 Å². The zero-order valence-corrected chi connectivity index (χ0v) is 10.8. The van der Waals surface area contributed by atoms with Gasteiger partial charge in [0.25, 0.3) is 0 Å². The molecule has 0 radical (unpaired) electrons. The average molecular weight is 277 g/mol. The van der Waals surface area contributed by atoms with Crippen molar-refractivity contribution in [2.75, 3.05) is 13.1 Å². The van der Waals surface area contributed by atoms with Crippen LogP contribution in [0.4, 0.5) is 4.79 Å². The van der Waals surface area contributed by atoms with Crippen molar-refractivity contribution < 1.29 is 24.6 Å². The number of carboxylic acids is 1. The quantitative estimate of drug-likeness (QED) is 0.811. The highest BCUT2D eigenvalue weighted by atomic mass is 16.4. The van der Waals surface area contributed by atoms with Gasteiger partial charge in [-0.1, -0.05) is 30.3 Å². The SMILES string of the molecule is O=C(O)N1CCC(=O)[C@](Cc2ccccc2)(C(=O)O)C1. The Labute approximate surface area is 115 Å². The van der Waals surface area contributed by atoms with E-state index in [1.165, 1.54) is 0 Å². The van der Waals surface area contributed by atoms with Gasteiger partial charge < -0.3 is 15.1 Å². The molecule has 0 unspecified atom stereocenters. The summed E-state index contributed by atoms with van der Waals surface area (Å²) in [6.45, 7) is -0.247. The van der Waals surface area contributed by atoms with Gasteiger partial charge in [0.15, 0.2) is 5.78 Å². The third kappa shape index (κ3) is 2.49. The number of rotatable bonds is 3. The molecule has 1 aromatic carbocycles. The van der Waals surface area contributed by atoms with Crippen molar-refractivity contribution in [2.45, 2.75) is 12.8 Å². The first-order valence-corrected chi connectivity index (χ1v) is 6.24. The van der Waals surface area contributed by atoms with Crippen LogP contribution in [0.1, 0.15) is 12.0 Å². The second-order valence-corrected chi connectivity index (χ2v) is 4.93. The molecule has 0 aromatic heterocycles. The second kappa shape index (κ2) is 5.32. The second-order valence-electron chi connectivity index (χ2n) is 4.93. The van der Waals surface area contributed by atoms with Crippen molar-refractivity contribution in [3.8, 4) is 0 Å². The zero-order chi connectivity index (χ0) is 14.8. The molecule has 0 aliphatic carbocycles. The first kappa shape index (κ1) is 14.0. The zero-order valence-electron chi connectivity index (χ0n) is 10.8. The minimum absolute atomic E-state index is 0.00574. The number of nitrogens with zero attached hydrogens (tertiary/aromatic N) is 1. The summed E-state index contributed by atoms with van der Waals surface area (Å²) >= 11 is 0. The Balaban J connectivity index is 2.34. The minimum atomic E-state index is -1.68. The smallest absolute Gasteiger partial charge is 0.407 e. The number of Topliss-reactive ketones (excluding diaryl/α,β-unsaturated/α-hetero) is 1. The third-order valence-corrected chi connectivity index (χ3v) is 3.63. The molecule has 1 fully saturated rings. The molecule has 1 heterocycles. The summed E-state index contributed by atoms with van der Waals surface area (Å²) < 4.78 is 0. The molecule has 1 amide bonds. The number of hydrogen-bond acceptors (Lipinski definition) is 3. The number of likely N-dealkylation sites (tertiary alicyclic amines) is 1. The highest BCUT2D eigenvalue weighted by Crippen LogP contribution is 2.31. The van der Waals surface area contributed by atoms with E-state index < -0.39 is 23.3 Å². The highest BCUT2D eigenvalue weighted by Gasteiger charge is 2.50. The lowest BCUT2D eigenvalue weighted by atomic mass is 9.74. The number of aliphatic carboxylic acids is 1. The fourth-order valence-electron chi connectivity index (χ4n) is 2.49. The molecule has 6 heteroatoms. The van der Waals surface area contributed by atoms with E-state index in [0.29, 0.717) is 5.56 Å². The fourth-order valence-corrected chi connectivity index (χ4v) is 2.49. The number of benzene rings is 1. The minimum Gasteiger partial charge on any atom is -0.480 e. The normalized spacial score (nSPS) is 22.6. The van der Waals surface area contributed by atoms with Gasteiger partial charge in [0.1, 0.15) is 5.41 Å². The van der Waals surface area contributed by atoms with Gasteiger partial charge in [-0.25, -0.2) is 4.79 Å². The summed E-state index contributed by atoms with van der Waals surface area (Å²) in [6, 6.07) is 8.78. The van der Waals surface area contributed by atoms with Gasteiger partial charge >= 0.3 is 12.1 Å². The maximum atomic E-state index is 12.1. The first-order valence-electron chi connectivity index (χ1n) is 6.24. The van der Waals surface area contributed by atoms with Crippen molar-refractivity contribution in [3.05, 3.63) is 35.9 Å². The summed E-state index contributed by atoms with van der Waals surface area (Å²) in [7, 11) is 0. The number of carboxylic acid groups (broad SMARTS) is 2.